The Morgan fingerprint density at radius 1 is 0.596 bits per heavy atom. The summed E-state index contributed by atoms with van der Waals surface area (Å²) >= 11 is 0. The molecule has 8 heterocycles. The lowest BCUT2D eigenvalue weighted by atomic mass is 10.0. The Hall–Kier alpha value is -3.28. The molecular weight excluding hydrogens is 1430 g/mol. The highest BCUT2D eigenvalue weighted by Gasteiger charge is 2.42. The number of ether oxygens (including phenoxy) is 17. The molecule has 6 aliphatic rings. The van der Waals surface area contributed by atoms with Crippen LogP contribution in [0.1, 0.15) is 123 Å². The first-order valence-corrected chi connectivity index (χ1v) is 42.4. The predicted octanol–water partition coefficient (Wildman–Crippen LogP) is 8.03. The number of fused-ring (bicyclic) bond motifs is 1. The fourth-order valence-electron chi connectivity index (χ4n) is 9.82. The predicted molar refractivity (Wildman–Crippen MR) is 406 cm³/mol. The Morgan fingerprint density at radius 3 is 1.63 bits per heavy atom. The van der Waals surface area contributed by atoms with E-state index < -0.39 is 44.1 Å². The van der Waals surface area contributed by atoms with Gasteiger partial charge < -0.3 is 80.5 Å². The first kappa shape index (κ1) is 103. The molecule has 0 aliphatic carbocycles. The lowest BCUT2D eigenvalue weighted by Crippen LogP contribution is -2.43. The van der Waals surface area contributed by atoms with Gasteiger partial charge in [-0.15, -0.1) is 6.42 Å². The number of nitrogens with zero attached hydrogens (tertiary/aromatic N) is 2. The zero-order valence-electron chi connectivity index (χ0n) is 65.7. The monoisotopic (exact) mass is 1570 g/mol. The minimum Gasteiger partial charge on any atom is -0.385 e. The molecule has 0 amide bonds. The van der Waals surface area contributed by atoms with Crippen molar-refractivity contribution in [2.75, 3.05) is 199 Å². The molecule has 0 spiro atoms. The molecular formula is C73H134N2O25S4. The maximum absolute atomic E-state index is 11.5. The van der Waals surface area contributed by atoms with Crippen LogP contribution in [0.3, 0.4) is 0 Å². The van der Waals surface area contributed by atoms with Gasteiger partial charge in [-0.3, -0.25) is 9.97 Å². The molecule has 0 N–H and O–H groups in total. The molecule has 8 unspecified atom stereocenters. The van der Waals surface area contributed by atoms with Crippen LogP contribution < -0.4 is 0 Å². The lowest BCUT2D eigenvalue weighted by molar-refractivity contribution is -0.00727. The van der Waals surface area contributed by atoms with Crippen molar-refractivity contribution in [2.45, 2.75) is 184 Å². The van der Waals surface area contributed by atoms with E-state index >= 15 is 0 Å². The fraction of sp³-hybridized carbons (Fsp3) is 0.808. The van der Waals surface area contributed by atoms with Crippen LogP contribution in [0.4, 0.5) is 0 Å². The summed E-state index contributed by atoms with van der Waals surface area (Å²) in [4.78, 5) is 8.08. The minimum absolute atomic E-state index is 0.0567. The van der Waals surface area contributed by atoms with Crippen LogP contribution in [-0.2, 0) is 133 Å². The van der Waals surface area contributed by atoms with E-state index in [1.54, 1.807) is 118 Å². The number of hydrogen-bond acceptors (Lipinski definition) is 27. The number of rotatable bonds is 30. The molecule has 2 aromatic heterocycles. The van der Waals surface area contributed by atoms with E-state index in [4.69, 9.17) is 87.0 Å². The Bertz CT molecular complexity index is 2790. The normalized spacial score (nSPS) is 22.9. The van der Waals surface area contributed by atoms with Crippen molar-refractivity contribution >= 4 is 39.3 Å². The van der Waals surface area contributed by atoms with Gasteiger partial charge in [0.1, 0.15) is 18.3 Å². The van der Waals surface area contributed by atoms with Crippen LogP contribution in [-0.4, -0.2) is 301 Å². The van der Waals surface area contributed by atoms with Crippen LogP contribution >= 0.6 is 0 Å². The summed E-state index contributed by atoms with van der Waals surface area (Å²) in [6.45, 7) is 22.9. The molecule has 8 rings (SSSR count). The number of unbranched alkanes of at least 4 members (excludes halogenated alkanes) is 2. The van der Waals surface area contributed by atoms with E-state index in [0.717, 1.165) is 68.8 Å². The molecule has 0 saturated carbocycles. The third kappa shape index (κ3) is 53.5. The van der Waals surface area contributed by atoms with Gasteiger partial charge in [-0.1, -0.05) is 30.2 Å². The minimum atomic E-state index is -2.88. The smallest absolute Gasteiger partial charge is 0.155 e. The largest absolute Gasteiger partial charge is 0.385 e. The highest BCUT2D eigenvalue weighted by Crippen LogP contribution is 2.31. The fourth-order valence-corrected chi connectivity index (χ4v) is 16.0. The quantitative estimate of drug-likeness (QED) is 0.0406. The van der Waals surface area contributed by atoms with Crippen LogP contribution in [0.25, 0.3) is 0 Å². The van der Waals surface area contributed by atoms with Gasteiger partial charge in [0.05, 0.1) is 160 Å². The Balaban J connectivity index is 0. The van der Waals surface area contributed by atoms with Gasteiger partial charge in [0.25, 0.3) is 0 Å². The molecule has 31 heteroatoms. The molecule has 6 fully saturated rings. The summed E-state index contributed by atoms with van der Waals surface area (Å²) in [6.07, 6.45) is 21.4. The second kappa shape index (κ2) is 63.5. The van der Waals surface area contributed by atoms with Gasteiger partial charge >= 0.3 is 0 Å². The molecule has 2 aromatic rings. The Kier molecular flexibility index (Phi) is 62.7. The average molecular weight is 1570 g/mol. The van der Waals surface area contributed by atoms with Crippen molar-refractivity contribution in [2.24, 2.45) is 0 Å². The second-order valence-corrected chi connectivity index (χ2v) is 35.3. The summed E-state index contributed by atoms with van der Waals surface area (Å²) in [6, 6.07) is 9.66. The van der Waals surface area contributed by atoms with E-state index in [-0.39, 0.29) is 65.2 Å². The summed E-state index contributed by atoms with van der Waals surface area (Å²) in [7, 11) is 7.09. The molecule has 6 saturated heterocycles. The molecule has 6 aliphatic heterocycles. The van der Waals surface area contributed by atoms with Crippen molar-refractivity contribution in [3.05, 3.63) is 72.3 Å². The third-order valence-electron chi connectivity index (χ3n) is 16.4. The number of sulfone groups is 4. The molecule has 0 radical (unpaired) electrons. The summed E-state index contributed by atoms with van der Waals surface area (Å²) in [5, 5.41) is -0.221. The molecule has 8 atom stereocenters. The second-order valence-electron chi connectivity index (χ2n) is 25.5. The van der Waals surface area contributed by atoms with Gasteiger partial charge in [0, 0.05) is 117 Å². The standard InChI is InChI=1S/2C9H13NO2.C8H16O3S.C7H14O3S.C7H12O3.C7H14O2.C7H16O2.C7H12O2.2C6H12O3S/c1-11-5-6-12-8-9-3-2-4-10-7-9;1-11-6-7-12-8-9-4-2-3-5-10-9;1-8(2)6-7(11-3)4-5-12(8,9)10;1-6-5-7(10-2)3-4-11(6,8)9;1-8-6-4-10-5-2-3-9-7(5)6;1-7(2)6-9-5-4-8-3;1-8-6-4-3-5-7-9-2;1-4-7(2)9-6-5-8-3;1-9-6-2-4-10(7,8)5-3-6;1-9-6-3-2-4-10(7,8)5-6/h2-4,7H,5-6,8H2,1H3;2-5H,6-8H2,1H3;7H,4-6H2,1-3H3;6-7H,3-5H2,1-2H3;5-7H,2-4H2,1H3;1,4-6H2,2-3H3;3-7H2,1-2H3;1,7H,5-6H2,2-3H3;2*6H,2-5H2,1H3. The van der Waals surface area contributed by atoms with Crippen molar-refractivity contribution in [1.82, 2.24) is 9.97 Å². The first-order chi connectivity index (χ1) is 49.5. The first-order valence-electron chi connectivity index (χ1n) is 35.4. The highest BCUT2D eigenvalue weighted by molar-refractivity contribution is 7.93. The Morgan fingerprint density at radius 2 is 1.15 bits per heavy atom. The van der Waals surface area contributed by atoms with Crippen LogP contribution in [0, 0.1) is 12.3 Å². The van der Waals surface area contributed by atoms with Crippen molar-refractivity contribution < 1.29 is 114 Å². The van der Waals surface area contributed by atoms with Gasteiger partial charge in [-0.05, 0) is 135 Å². The van der Waals surface area contributed by atoms with Crippen molar-refractivity contribution in [3.63, 3.8) is 0 Å². The van der Waals surface area contributed by atoms with Gasteiger partial charge in [0.2, 0.25) is 0 Å². The van der Waals surface area contributed by atoms with E-state index in [0.29, 0.717) is 141 Å². The van der Waals surface area contributed by atoms with Gasteiger partial charge in [-0.25, -0.2) is 33.7 Å². The molecule has 0 aromatic carbocycles. The van der Waals surface area contributed by atoms with E-state index in [9.17, 15) is 33.7 Å². The third-order valence-corrected chi connectivity index (χ3v) is 24.7. The topological polar surface area (TPSA) is 319 Å². The van der Waals surface area contributed by atoms with E-state index in [1.165, 1.54) is 6.42 Å². The number of aromatic nitrogens is 2. The number of hydrogen-bond donors (Lipinski definition) is 0. The SMILES string of the molecule is C#CC(C)OCCOC.C=C(C)COCCOC.COC1CCCS(=O)(=O)C1.COC1CCS(=O)(=O)C(C)(C)C1.COC1CCS(=O)(=O)C(C)C1.COC1CCS(=O)(=O)CC1.COC1COC2CCOC12.COCCCCCOC.COCCOCc1ccccn1.COCCOCc1cccnc1. The zero-order valence-corrected chi connectivity index (χ0v) is 68.9. The maximum atomic E-state index is 11.5. The molecule has 610 valence electrons. The zero-order chi connectivity index (χ0) is 78.6. The lowest BCUT2D eigenvalue weighted by Gasteiger charge is -2.33. The number of terminal acetylenes is 1. The van der Waals surface area contributed by atoms with Crippen LogP contribution in [0.2, 0.25) is 0 Å². The summed E-state index contributed by atoms with van der Waals surface area (Å²) < 4.78 is 174. The highest BCUT2D eigenvalue weighted by atomic mass is 32.2. The summed E-state index contributed by atoms with van der Waals surface area (Å²) in [5.74, 6) is 4.14. The van der Waals surface area contributed by atoms with Crippen molar-refractivity contribution in [3.8, 4) is 12.3 Å². The van der Waals surface area contributed by atoms with Gasteiger partial charge in [-0.2, -0.15) is 0 Å². The number of pyridine rings is 2. The summed E-state index contributed by atoms with van der Waals surface area (Å²) in [5.41, 5.74) is 3.09. The van der Waals surface area contributed by atoms with E-state index in [1.807, 2.05) is 44.2 Å². The maximum Gasteiger partial charge on any atom is 0.155 e. The van der Waals surface area contributed by atoms with Crippen LogP contribution in [0.5, 0.6) is 0 Å². The van der Waals surface area contributed by atoms with E-state index in [2.05, 4.69) is 22.5 Å². The number of methoxy groups -OCH3 is 11. The average Bonchev–Trinajstić information content (AvgIpc) is 0.887. The Labute approximate surface area is 627 Å². The van der Waals surface area contributed by atoms with Gasteiger partial charge in [0.15, 0.2) is 39.3 Å². The van der Waals surface area contributed by atoms with Crippen molar-refractivity contribution in [1.29, 1.82) is 0 Å². The molecule has 27 nitrogen and oxygen atoms in total. The molecule has 0 bridgehead atoms. The molecule has 104 heavy (non-hydrogen) atoms. The van der Waals surface area contributed by atoms with Crippen LogP contribution in [0.15, 0.2) is 61.1 Å².